The molecule has 3 aromatic heterocycles. The summed E-state index contributed by atoms with van der Waals surface area (Å²) in [5.41, 5.74) is 1.31. The Morgan fingerprint density at radius 2 is 1.96 bits per heavy atom. The summed E-state index contributed by atoms with van der Waals surface area (Å²) in [6, 6.07) is 3.75. The van der Waals surface area contributed by atoms with E-state index in [1.54, 1.807) is 20.2 Å². The van der Waals surface area contributed by atoms with Gasteiger partial charge < -0.3 is 9.47 Å². The number of rotatable bonds is 8. The zero-order valence-corrected chi connectivity index (χ0v) is 15.7. The molecule has 0 radical (unpaired) electrons. The van der Waals surface area contributed by atoms with Crippen molar-refractivity contribution in [1.82, 2.24) is 29.9 Å². The number of nitrogens with zero attached hydrogens (tertiary/aromatic N) is 6. The second kappa shape index (κ2) is 8.68. The van der Waals surface area contributed by atoms with Crippen LogP contribution in [0.2, 0.25) is 0 Å². The fraction of sp³-hybridized carbons (Fsp3) is 0.389. The molecule has 0 aromatic carbocycles. The molecule has 0 saturated heterocycles. The molecule has 0 aliphatic rings. The van der Waals surface area contributed by atoms with Gasteiger partial charge in [-0.05, 0) is 25.5 Å². The normalized spacial score (nSPS) is 12.2. The van der Waals surface area contributed by atoms with Crippen molar-refractivity contribution in [3.05, 3.63) is 42.2 Å². The smallest absolute Gasteiger partial charge is 0.335 e. The standard InChI is InChI=1S/C18H20F2N6O2/c1-11(15-5-4-13(27-3)8-22-15)6-7-28-17-14(9-21-12(2)24-17)16-10-23-25-26(16)18(19)20/h4-5,8-11,18H,6-7H2,1-3H3. The van der Waals surface area contributed by atoms with Gasteiger partial charge in [-0.3, -0.25) is 4.98 Å². The number of alkyl halides is 2. The number of halogens is 2. The van der Waals surface area contributed by atoms with Gasteiger partial charge >= 0.3 is 6.55 Å². The molecule has 0 saturated carbocycles. The fourth-order valence-corrected chi connectivity index (χ4v) is 2.60. The molecule has 3 rings (SSSR count). The maximum Gasteiger partial charge on any atom is 0.335 e. The zero-order valence-electron chi connectivity index (χ0n) is 15.7. The summed E-state index contributed by atoms with van der Waals surface area (Å²) in [5, 5.41) is 6.95. The van der Waals surface area contributed by atoms with Crippen molar-refractivity contribution >= 4 is 0 Å². The van der Waals surface area contributed by atoms with Crippen molar-refractivity contribution in [2.75, 3.05) is 13.7 Å². The number of aryl methyl sites for hydroxylation is 1. The Morgan fingerprint density at radius 1 is 1.14 bits per heavy atom. The summed E-state index contributed by atoms with van der Waals surface area (Å²) < 4.78 is 37.6. The molecule has 0 fully saturated rings. The van der Waals surface area contributed by atoms with Gasteiger partial charge in [0.05, 0.1) is 31.7 Å². The first-order chi connectivity index (χ1) is 13.5. The molecule has 148 valence electrons. The fourth-order valence-electron chi connectivity index (χ4n) is 2.60. The Kier molecular flexibility index (Phi) is 6.07. The molecule has 0 bridgehead atoms. The zero-order chi connectivity index (χ0) is 20.1. The van der Waals surface area contributed by atoms with E-state index in [0.29, 0.717) is 34.8 Å². The first-order valence-electron chi connectivity index (χ1n) is 8.64. The topological polar surface area (TPSA) is 87.8 Å². The maximum atomic E-state index is 13.1. The van der Waals surface area contributed by atoms with Crippen LogP contribution in [0.5, 0.6) is 11.6 Å². The van der Waals surface area contributed by atoms with Gasteiger partial charge in [0.25, 0.3) is 0 Å². The molecule has 0 spiro atoms. The lowest BCUT2D eigenvalue weighted by molar-refractivity contribution is 0.0564. The van der Waals surface area contributed by atoms with Crippen LogP contribution in [0, 0.1) is 6.92 Å². The summed E-state index contributed by atoms with van der Waals surface area (Å²) in [6.07, 6.45) is 4.99. The van der Waals surface area contributed by atoms with Gasteiger partial charge in [-0.25, -0.2) is 4.98 Å². The van der Waals surface area contributed by atoms with Crippen LogP contribution in [-0.4, -0.2) is 43.7 Å². The molecular weight excluding hydrogens is 370 g/mol. The molecule has 0 aliphatic heterocycles. The van der Waals surface area contributed by atoms with E-state index < -0.39 is 6.55 Å². The van der Waals surface area contributed by atoms with Crippen LogP contribution in [0.15, 0.2) is 30.7 Å². The predicted octanol–water partition coefficient (Wildman–Crippen LogP) is 3.41. The Hall–Kier alpha value is -3.17. The predicted molar refractivity (Wildman–Crippen MR) is 96.4 cm³/mol. The summed E-state index contributed by atoms with van der Waals surface area (Å²) >= 11 is 0. The lowest BCUT2D eigenvalue weighted by Gasteiger charge is -2.14. The van der Waals surface area contributed by atoms with Gasteiger partial charge in [-0.15, -0.1) is 5.10 Å². The van der Waals surface area contributed by atoms with Crippen molar-refractivity contribution in [2.24, 2.45) is 0 Å². The van der Waals surface area contributed by atoms with Gasteiger partial charge in [0.15, 0.2) is 0 Å². The minimum absolute atomic E-state index is 0.0925. The Bertz CT molecular complexity index is 917. The maximum absolute atomic E-state index is 13.1. The van der Waals surface area contributed by atoms with Crippen LogP contribution in [-0.2, 0) is 0 Å². The lowest BCUT2D eigenvalue weighted by atomic mass is 10.0. The lowest BCUT2D eigenvalue weighted by Crippen LogP contribution is -2.09. The highest BCUT2D eigenvalue weighted by atomic mass is 19.3. The number of hydrogen-bond acceptors (Lipinski definition) is 7. The minimum atomic E-state index is -2.83. The molecule has 0 N–H and O–H groups in total. The van der Waals surface area contributed by atoms with Crippen LogP contribution in [0.4, 0.5) is 8.78 Å². The third kappa shape index (κ3) is 4.38. The highest BCUT2D eigenvalue weighted by molar-refractivity contribution is 5.63. The van der Waals surface area contributed by atoms with Gasteiger partial charge in [0.2, 0.25) is 5.88 Å². The van der Waals surface area contributed by atoms with Crippen molar-refractivity contribution in [3.63, 3.8) is 0 Å². The van der Waals surface area contributed by atoms with Crippen LogP contribution in [0.3, 0.4) is 0 Å². The number of pyridine rings is 1. The van der Waals surface area contributed by atoms with Crippen LogP contribution >= 0.6 is 0 Å². The van der Waals surface area contributed by atoms with E-state index in [1.807, 2.05) is 19.1 Å². The van der Waals surface area contributed by atoms with E-state index >= 15 is 0 Å². The monoisotopic (exact) mass is 390 g/mol. The van der Waals surface area contributed by atoms with Crippen molar-refractivity contribution in [3.8, 4) is 22.9 Å². The second-order valence-electron chi connectivity index (χ2n) is 6.14. The van der Waals surface area contributed by atoms with Crippen molar-refractivity contribution in [1.29, 1.82) is 0 Å². The highest BCUT2D eigenvalue weighted by Crippen LogP contribution is 2.30. The Labute approximate surface area is 160 Å². The van der Waals surface area contributed by atoms with Crippen molar-refractivity contribution in [2.45, 2.75) is 32.7 Å². The molecule has 3 heterocycles. The summed E-state index contributed by atoms with van der Waals surface area (Å²) in [6.45, 7) is 1.23. The SMILES string of the molecule is COc1ccc(C(C)CCOc2nc(C)ncc2-c2cnnn2C(F)F)nc1. The average molecular weight is 390 g/mol. The van der Waals surface area contributed by atoms with Gasteiger partial charge in [0, 0.05) is 17.8 Å². The van der Waals surface area contributed by atoms with Crippen LogP contribution in [0.1, 0.15) is 37.3 Å². The molecule has 8 nitrogen and oxygen atoms in total. The quantitative estimate of drug-likeness (QED) is 0.582. The molecule has 1 unspecified atom stereocenters. The third-order valence-electron chi connectivity index (χ3n) is 4.20. The number of methoxy groups -OCH3 is 1. The summed E-state index contributed by atoms with van der Waals surface area (Å²) in [5.74, 6) is 1.51. The first kappa shape index (κ1) is 19.6. The van der Waals surface area contributed by atoms with E-state index in [2.05, 4.69) is 25.3 Å². The number of ether oxygens (including phenoxy) is 2. The molecular formula is C18H20F2N6O2. The summed E-state index contributed by atoms with van der Waals surface area (Å²) in [7, 11) is 1.59. The summed E-state index contributed by atoms with van der Waals surface area (Å²) in [4.78, 5) is 12.7. The van der Waals surface area contributed by atoms with E-state index in [9.17, 15) is 8.78 Å². The van der Waals surface area contributed by atoms with E-state index in [1.165, 1.54) is 12.4 Å². The van der Waals surface area contributed by atoms with Crippen molar-refractivity contribution < 1.29 is 18.3 Å². The van der Waals surface area contributed by atoms with E-state index in [-0.39, 0.29) is 17.5 Å². The Morgan fingerprint density at radius 3 is 2.64 bits per heavy atom. The molecule has 0 amide bonds. The average Bonchev–Trinajstić information content (AvgIpc) is 3.18. The van der Waals surface area contributed by atoms with Crippen LogP contribution in [0.25, 0.3) is 11.3 Å². The molecule has 3 aromatic rings. The largest absolute Gasteiger partial charge is 0.495 e. The van der Waals surface area contributed by atoms with Crippen LogP contribution < -0.4 is 9.47 Å². The Balaban J connectivity index is 1.71. The number of aromatic nitrogens is 6. The van der Waals surface area contributed by atoms with Gasteiger partial charge in [-0.2, -0.15) is 18.4 Å². The minimum Gasteiger partial charge on any atom is -0.495 e. The molecule has 1 atom stereocenters. The van der Waals surface area contributed by atoms with E-state index in [0.717, 1.165) is 5.69 Å². The second-order valence-corrected chi connectivity index (χ2v) is 6.14. The molecule has 0 aliphatic carbocycles. The van der Waals surface area contributed by atoms with Gasteiger partial charge in [-0.1, -0.05) is 12.1 Å². The highest BCUT2D eigenvalue weighted by Gasteiger charge is 2.20. The first-order valence-corrected chi connectivity index (χ1v) is 8.64. The molecule has 28 heavy (non-hydrogen) atoms. The third-order valence-corrected chi connectivity index (χ3v) is 4.20. The molecule has 10 heteroatoms. The number of hydrogen-bond donors (Lipinski definition) is 0. The van der Waals surface area contributed by atoms with Gasteiger partial charge in [0.1, 0.15) is 17.3 Å². The van der Waals surface area contributed by atoms with E-state index in [4.69, 9.17) is 9.47 Å².